The van der Waals surface area contributed by atoms with Crippen molar-refractivity contribution in [2.75, 3.05) is 26.2 Å². The average Bonchev–Trinajstić information content (AvgIpc) is 2.14. The maximum atomic E-state index is 11.7. The van der Waals surface area contributed by atoms with Crippen LogP contribution in [-0.2, 0) is 9.53 Å². The second-order valence-corrected chi connectivity index (χ2v) is 3.84. The van der Waals surface area contributed by atoms with Crippen LogP contribution >= 0.6 is 0 Å². The van der Waals surface area contributed by atoms with Gasteiger partial charge in [-0.05, 0) is 20.3 Å². The maximum absolute atomic E-state index is 11.7. The van der Waals surface area contributed by atoms with Gasteiger partial charge in [-0.2, -0.15) is 13.2 Å². The second kappa shape index (κ2) is 8.30. The largest absolute Gasteiger partial charge is 0.401 e. The lowest BCUT2D eigenvalue weighted by Gasteiger charge is -2.09. The summed E-state index contributed by atoms with van der Waals surface area (Å²) in [5.74, 6) is -0.446. The highest BCUT2D eigenvalue weighted by Gasteiger charge is 2.26. The SMILES string of the molecule is CC(C)OCCCNC(=O)CNCC(F)(F)F. The normalized spacial score (nSPS) is 11.9. The Hall–Kier alpha value is -0.820. The topological polar surface area (TPSA) is 50.4 Å². The second-order valence-electron chi connectivity index (χ2n) is 3.84. The summed E-state index contributed by atoms with van der Waals surface area (Å²) in [6, 6.07) is 0. The van der Waals surface area contributed by atoms with Crippen LogP contribution in [0, 0.1) is 0 Å². The van der Waals surface area contributed by atoms with Crippen molar-refractivity contribution in [3.8, 4) is 0 Å². The molecule has 0 radical (unpaired) electrons. The predicted molar refractivity (Wildman–Crippen MR) is 57.6 cm³/mol. The summed E-state index contributed by atoms with van der Waals surface area (Å²) < 4.78 is 40.4. The van der Waals surface area contributed by atoms with E-state index in [9.17, 15) is 18.0 Å². The summed E-state index contributed by atoms with van der Waals surface area (Å²) >= 11 is 0. The van der Waals surface area contributed by atoms with Crippen LogP contribution in [0.2, 0.25) is 0 Å². The van der Waals surface area contributed by atoms with E-state index < -0.39 is 18.6 Å². The number of hydrogen-bond donors (Lipinski definition) is 2. The van der Waals surface area contributed by atoms with Crippen LogP contribution in [0.1, 0.15) is 20.3 Å². The van der Waals surface area contributed by atoms with Crippen LogP contribution in [0.4, 0.5) is 13.2 Å². The van der Waals surface area contributed by atoms with E-state index in [1.807, 2.05) is 19.2 Å². The van der Waals surface area contributed by atoms with E-state index in [-0.39, 0.29) is 12.6 Å². The number of nitrogens with one attached hydrogen (secondary N) is 2. The molecule has 0 atom stereocenters. The molecule has 0 aliphatic heterocycles. The lowest BCUT2D eigenvalue weighted by atomic mass is 10.4. The Morgan fingerprint density at radius 2 is 2.00 bits per heavy atom. The van der Waals surface area contributed by atoms with E-state index in [2.05, 4.69) is 5.32 Å². The molecule has 0 heterocycles. The summed E-state index contributed by atoms with van der Waals surface area (Å²) in [4.78, 5) is 11.0. The third-order valence-electron chi connectivity index (χ3n) is 1.71. The van der Waals surface area contributed by atoms with E-state index in [0.29, 0.717) is 19.6 Å². The molecule has 0 aromatic heterocycles. The highest BCUT2D eigenvalue weighted by molar-refractivity contribution is 5.77. The minimum Gasteiger partial charge on any atom is -0.379 e. The van der Waals surface area contributed by atoms with Gasteiger partial charge >= 0.3 is 6.18 Å². The number of amides is 1. The standard InChI is InChI=1S/C10H19F3N2O2/c1-8(2)17-5-3-4-15-9(16)6-14-7-10(11,12)13/h8,14H,3-7H2,1-2H3,(H,15,16). The quantitative estimate of drug-likeness (QED) is 0.639. The Balaban J connectivity index is 3.35. The lowest BCUT2D eigenvalue weighted by Crippen LogP contribution is -2.38. The number of carbonyl (C=O) groups excluding carboxylic acids is 1. The molecule has 0 aliphatic carbocycles. The van der Waals surface area contributed by atoms with E-state index in [1.54, 1.807) is 0 Å². The first kappa shape index (κ1) is 16.2. The summed E-state index contributed by atoms with van der Waals surface area (Å²) in [6.07, 6.45) is -3.51. The fourth-order valence-corrected chi connectivity index (χ4v) is 0.999. The Labute approximate surface area is 98.9 Å². The van der Waals surface area contributed by atoms with Crippen molar-refractivity contribution >= 4 is 5.91 Å². The number of ether oxygens (including phenoxy) is 1. The van der Waals surface area contributed by atoms with Crippen LogP contribution in [0.5, 0.6) is 0 Å². The van der Waals surface area contributed by atoms with E-state index in [0.717, 1.165) is 0 Å². The fourth-order valence-electron chi connectivity index (χ4n) is 0.999. The van der Waals surface area contributed by atoms with Gasteiger partial charge in [0.25, 0.3) is 0 Å². The van der Waals surface area contributed by atoms with Crippen molar-refractivity contribution in [1.82, 2.24) is 10.6 Å². The molecule has 0 aliphatic rings. The summed E-state index contributed by atoms with van der Waals surface area (Å²) in [5.41, 5.74) is 0. The first-order valence-electron chi connectivity index (χ1n) is 5.47. The fraction of sp³-hybridized carbons (Fsp3) is 0.900. The Morgan fingerprint density at radius 1 is 1.35 bits per heavy atom. The van der Waals surface area contributed by atoms with Gasteiger partial charge in [0.05, 0.1) is 19.2 Å². The van der Waals surface area contributed by atoms with Crippen molar-refractivity contribution in [3.63, 3.8) is 0 Å². The summed E-state index contributed by atoms with van der Waals surface area (Å²) in [6.45, 7) is 3.24. The van der Waals surface area contributed by atoms with Crippen molar-refractivity contribution < 1.29 is 22.7 Å². The van der Waals surface area contributed by atoms with Crippen LogP contribution in [0.15, 0.2) is 0 Å². The molecule has 17 heavy (non-hydrogen) atoms. The van der Waals surface area contributed by atoms with Crippen LogP contribution in [0.3, 0.4) is 0 Å². The molecule has 0 aromatic rings. The van der Waals surface area contributed by atoms with Gasteiger partial charge in [0.1, 0.15) is 0 Å². The van der Waals surface area contributed by atoms with Gasteiger partial charge < -0.3 is 15.4 Å². The summed E-state index contributed by atoms with van der Waals surface area (Å²) in [5, 5.41) is 4.51. The molecule has 0 unspecified atom stereocenters. The van der Waals surface area contributed by atoms with Gasteiger partial charge in [-0.25, -0.2) is 0 Å². The number of halogens is 3. The van der Waals surface area contributed by atoms with Crippen molar-refractivity contribution in [3.05, 3.63) is 0 Å². The maximum Gasteiger partial charge on any atom is 0.401 e. The van der Waals surface area contributed by atoms with Crippen molar-refractivity contribution in [2.24, 2.45) is 0 Å². The molecule has 0 bridgehead atoms. The van der Waals surface area contributed by atoms with Gasteiger partial charge in [0.2, 0.25) is 5.91 Å². The van der Waals surface area contributed by atoms with Gasteiger partial charge in [-0.15, -0.1) is 0 Å². The Morgan fingerprint density at radius 3 is 2.53 bits per heavy atom. The zero-order valence-electron chi connectivity index (χ0n) is 10.1. The zero-order valence-corrected chi connectivity index (χ0v) is 10.1. The van der Waals surface area contributed by atoms with Crippen LogP contribution in [0.25, 0.3) is 0 Å². The minimum absolute atomic E-state index is 0.138. The molecule has 102 valence electrons. The summed E-state index contributed by atoms with van der Waals surface area (Å²) in [7, 11) is 0. The molecular formula is C10H19F3N2O2. The monoisotopic (exact) mass is 256 g/mol. The first-order valence-corrected chi connectivity index (χ1v) is 5.47. The first-order chi connectivity index (χ1) is 7.81. The van der Waals surface area contributed by atoms with Crippen molar-refractivity contribution in [2.45, 2.75) is 32.5 Å². The van der Waals surface area contributed by atoms with Gasteiger partial charge in [-0.3, -0.25) is 4.79 Å². The van der Waals surface area contributed by atoms with Crippen LogP contribution in [-0.4, -0.2) is 44.4 Å². The number of hydrogen-bond acceptors (Lipinski definition) is 3. The Kier molecular flexibility index (Phi) is 7.90. The van der Waals surface area contributed by atoms with Crippen molar-refractivity contribution in [1.29, 1.82) is 0 Å². The third kappa shape index (κ3) is 13.1. The molecule has 1 amide bonds. The highest BCUT2D eigenvalue weighted by Crippen LogP contribution is 2.11. The Bertz CT molecular complexity index is 220. The smallest absolute Gasteiger partial charge is 0.379 e. The predicted octanol–water partition coefficient (Wildman–Crippen LogP) is 1.07. The van der Waals surface area contributed by atoms with E-state index in [4.69, 9.17) is 4.74 Å². The van der Waals surface area contributed by atoms with Gasteiger partial charge in [0, 0.05) is 13.2 Å². The van der Waals surface area contributed by atoms with Gasteiger partial charge in [-0.1, -0.05) is 0 Å². The molecule has 4 nitrogen and oxygen atoms in total. The highest BCUT2D eigenvalue weighted by atomic mass is 19.4. The van der Waals surface area contributed by atoms with Gasteiger partial charge in [0.15, 0.2) is 0 Å². The molecule has 7 heteroatoms. The third-order valence-corrected chi connectivity index (χ3v) is 1.71. The lowest BCUT2D eigenvalue weighted by molar-refractivity contribution is -0.128. The molecule has 0 saturated carbocycles. The average molecular weight is 256 g/mol. The molecule has 0 spiro atoms. The molecule has 2 N–H and O–H groups in total. The zero-order chi connectivity index (χ0) is 13.3. The number of rotatable bonds is 8. The van der Waals surface area contributed by atoms with E-state index >= 15 is 0 Å². The number of alkyl halides is 3. The molecular weight excluding hydrogens is 237 g/mol. The molecule has 0 fully saturated rings. The molecule has 0 aromatic carbocycles. The number of carbonyl (C=O) groups is 1. The molecule has 0 rings (SSSR count). The molecule has 0 saturated heterocycles. The van der Waals surface area contributed by atoms with E-state index in [1.165, 1.54) is 0 Å². The van der Waals surface area contributed by atoms with Crippen LogP contribution < -0.4 is 10.6 Å². The minimum atomic E-state index is -4.29.